The standard InChI is InChI=1S/C18H21N5O2.C2HF3O2/c1-11(24)22-13-4-5-17-15(8-13)12(10-21-17)7-16(20)18(25)23-6-2-3-14(23)9-19;3-2(4,5)1(6)7/h4-5,8,10,14,16,21H,2-3,6-7,20H2,1H3,(H,22,24);(H,6,7). The first-order valence-electron chi connectivity index (χ1n) is 9.57. The van der Waals surface area contributed by atoms with Gasteiger partial charge in [0.2, 0.25) is 11.8 Å². The summed E-state index contributed by atoms with van der Waals surface area (Å²) in [5, 5.41) is 19.9. The number of nitrogens with zero attached hydrogens (tertiary/aromatic N) is 2. The third-order valence-electron chi connectivity index (χ3n) is 4.77. The molecule has 172 valence electrons. The molecule has 0 radical (unpaired) electrons. The van der Waals surface area contributed by atoms with Crippen molar-refractivity contribution in [2.45, 2.75) is 44.4 Å². The van der Waals surface area contributed by atoms with Gasteiger partial charge in [-0.05, 0) is 43.0 Å². The topological polar surface area (TPSA) is 152 Å². The van der Waals surface area contributed by atoms with Gasteiger partial charge in [-0.25, -0.2) is 4.79 Å². The number of amides is 2. The Bertz CT molecular complexity index is 1040. The third kappa shape index (κ3) is 6.21. The van der Waals surface area contributed by atoms with Crippen LogP contribution in [0, 0.1) is 11.3 Å². The van der Waals surface area contributed by atoms with Crippen LogP contribution in [0.3, 0.4) is 0 Å². The van der Waals surface area contributed by atoms with E-state index >= 15 is 0 Å². The highest BCUT2D eigenvalue weighted by atomic mass is 19.4. The van der Waals surface area contributed by atoms with E-state index in [-0.39, 0.29) is 17.9 Å². The number of carboxylic acids is 1. The number of nitrogens with one attached hydrogen (secondary N) is 2. The number of anilines is 1. The van der Waals surface area contributed by atoms with Gasteiger partial charge in [0, 0.05) is 36.3 Å². The average Bonchev–Trinajstić information content (AvgIpc) is 3.33. The van der Waals surface area contributed by atoms with Gasteiger partial charge in [-0.2, -0.15) is 18.4 Å². The Kier molecular flexibility index (Phi) is 7.82. The van der Waals surface area contributed by atoms with Gasteiger partial charge in [0.1, 0.15) is 6.04 Å². The maximum atomic E-state index is 12.6. The van der Waals surface area contributed by atoms with E-state index in [1.165, 1.54) is 6.92 Å². The molecule has 1 fully saturated rings. The summed E-state index contributed by atoms with van der Waals surface area (Å²) in [7, 11) is 0. The first-order valence-corrected chi connectivity index (χ1v) is 9.57. The van der Waals surface area contributed by atoms with E-state index in [1.54, 1.807) is 4.90 Å². The van der Waals surface area contributed by atoms with Crippen molar-refractivity contribution in [2.75, 3.05) is 11.9 Å². The van der Waals surface area contributed by atoms with Crippen LogP contribution in [0.2, 0.25) is 0 Å². The van der Waals surface area contributed by atoms with Gasteiger partial charge < -0.3 is 26.0 Å². The molecule has 32 heavy (non-hydrogen) atoms. The lowest BCUT2D eigenvalue weighted by atomic mass is 10.0. The highest BCUT2D eigenvalue weighted by Gasteiger charge is 2.38. The second-order valence-electron chi connectivity index (χ2n) is 7.19. The zero-order valence-corrected chi connectivity index (χ0v) is 17.1. The molecule has 1 saturated heterocycles. The first-order chi connectivity index (χ1) is 14.9. The number of aromatic amines is 1. The summed E-state index contributed by atoms with van der Waals surface area (Å²) in [5.74, 6) is -3.08. The summed E-state index contributed by atoms with van der Waals surface area (Å²) < 4.78 is 31.7. The van der Waals surface area contributed by atoms with E-state index in [0.717, 1.165) is 22.9 Å². The largest absolute Gasteiger partial charge is 0.490 e. The molecule has 2 atom stereocenters. The Morgan fingerprint density at radius 3 is 2.62 bits per heavy atom. The van der Waals surface area contributed by atoms with E-state index in [2.05, 4.69) is 16.4 Å². The molecule has 2 unspecified atom stereocenters. The van der Waals surface area contributed by atoms with Crippen LogP contribution in [-0.2, 0) is 20.8 Å². The Morgan fingerprint density at radius 2 is 2.06 bits per heavy atom. The molecule has 1 aromatic carbocycles. The second-order valence-corrected chi connectivity index (χ2v) is 7.19. The number of H-pyrrole nitrogens is 1. The summed E-state index contributed by atoms with van der Waals surface area (Å²) in [6, 6.07) is 6.67. The molecule has 0 saturated carbocycles. The van der Waals surface area contributed by atoms with Crippen LogP contribution in [0.5, 0.6) is 0 Å². The lowest BCUT2D eigenvalue weighted by Crippen LogP contribution is -2.46. The van der Waals surface area contributed by atoms with Crippen LogP contribution < -0.4 is 11.1 Å². The fraction of sp³-hybridized carbons (Fsp3) is 0.400. The normalized spacial score (nSPS) is 16.6. The number of nitrogens with two attached hydrogens (primary N) is 1. The first kappa shape index (κ1) is 24.7. The Labute approximate surface area is 181 Å². The number of likely N-dealkylation sites (tertiary alicyclic amines) is 1. The number of hydrogen-bond acceptors (Lipinski definition) is 5. The Balaban J connectivity index is 0.000000451. The third-order valence-corrected chi connectivity index (χ3v) is 4.77. The maximum Gasteiger partial charge on any atom is 0.490 e. The molecule has 0 spiro atoms. The fourth-order valence-corrected chi connectivity index (χ4v) is 3.33. The number of halogens is 3. The fourth-order valence-electron chi connectivity index (χ4n) is 3.33. The quantitative estimate of drug-likeness (QED) is 0.557. The van der Waals surface area contributed by atoms with E-state index in [0.29, 0.717) is 25.1 Å². The van der Waals surface area contributed by atoms with Crippen LogP contribution in [-0.4, -0.2) is 57.6 Å². The molecule has 1 aliphatic heterocycles. The van der Waals surface area contributed by atoms with Crippen LogP contribution >= 0.6 is 0 Å². The molecule has 2 heterocycles. The van der Waals surface area contributed by atoms with Crippen molar-refractivity contribution in [1.82, 2.24) is 9.88 Å². The number of hydrogen-bond donors (Lipinski definition) is 4. The van der Waals surface area contributed by atoms with Gasteiger partial charge in [-0.1, -0.05) is 0 Å². The number of carboxylic acid groups (broad SMARTS) is 1. The van der Waals surface area contributed by atoms with Gasteiger partial charge in [-0.15, -0.1) is 0 Å². The summed E-state index contributed by atoms with van der Waals surface area (Å²) in [6.45, 7) is 2.05. The number of nitriles is 1. The van der Waals surface area contributed by atoms with Crippen molar-refractivity contribution in [2.24, 2.45) is 5.73 Å². The highest BCUT2D eigenvalue weighted by Crippen LogP contribution is 2.24. The number of fused-ring (bicyclic) bond motifs is 1. The van der Waals surface area contributed by atoms with Crippen molar-refractivity contribution in [3.8, 4) is 6.07 Å². The summed E-state index contributed by atoms with van der Waals surface area (Å²) >= 11 is 0. The molecule has 2 amide bonds. The van der Waals surface area contributed by atoms with Gasteiger partial charge in [-0.3, -0.25) is 9.59 Å². The molecule has 12 heteroatoms. The predicted octanol–water partition coefficient (Wildman–Crippen LogP) is 2.14. The van der Waals surface area contributed by atoms with Crippen molar-refractivity contribution in [1.29, 1.82) is 5.26 Å². The highest BCUT2D eigenvalue weighted by molar-refractivity contribution is 5.94. The molecular formula is C20H22F3N5O4. The van der Waals surface area contributed by atoms with Crippen molar-refractivity contribution in [3.63, 3.8) is 0 Å². The number of carbonyl (C=O) groups excluding carboxylic acids is 2. The summed E-state index contributed by atoms with van der Waals surface area (Å²) in [4.78, 5) is 37.4. The Morgan fingerprint density at radius 1 is 1.41 bits per heavy atom. The molecule has 9 nitrogen and oxygen atoms in total. The minimum absolute atomic E-state index is 0.139. The SMILES string of the molecule is CC(=O)Nc1ccc2[nH]cc(CC(N)C(=O)N3CCCC3C#N)c2c1.O=C(O)C(F)(F)F. The maximum absolute atomic E-state index is 12.6. The Hall–Kier alpha value is -3.59. The van der Waals surface area contributed by atoms with Gasteiger partial charge in [0.05, 0.1) is 12.1 Å². The van der Waals surface area contributed by atoms with E-state index in [9.17, 15) is 22.8 Å². The number of aliphatic carboxylic acids is 1. The van der Waals surface area contributed by atoms with Crippen molar-refractivity contribution in [3.05, 3.63) is 30.0 Å². The average molecular weight is 453 g/mol. The van der Waals surface area contributed by atoms with E-state index < -0.39 is 18.2 Å². The van der Waals surface area contributed by atoms with Crippen LogP contribution in [0.25, 0.3) is 10.9 Å². The monoisotopic (exact) mass is 453 g/mol. The smallest absolute Gasteiger partial charge is 0.475 e. The molecule has 0 aliphatic carbocycles. The molecular weight excluding hydrogens is 431 g/mol. The number of carbonyl (C=O) groups is 3. The molecule has 1 aromatic heterocycles. The lowest BCUT2D eigenvalue weighted by Gasteiger charge is -2.23. The van der Waals surface area contributed by atoms with Crippen LogP contribution in [0.4, 0.5) is 18.9 Å². The number of rotatable bonds is 4. The van der Waals surface area contributed by atoms with Crippen LogP contribution in [0.15, 0.2) is 24.4 Å². The van der Waals surface area contributed by atoms with E-state index in [1.807, 2.05) is 24.4 Å². The van der Waals surface area contributed by atoms with Crippen molar-refractivity contribution < 1.29 is 32.7 Å². The van der Waals surface area contributed by atoms with Gasteiger partial charge in [0.25, 0.3) is 0 Å². The lowest BCUT2D eigenvalue weighted by molar-refractivity contribution is -0.192. The predicted molar refractivity (Wildman–Crippen MR) is 108 cm³/mol. The minimum atomic E-state index is -5.08. The molecule has 5 N–H and O–H groups in total. The van der Waals surface area contributed by atoms with E-state index in [4.69, 9.17) is 20.9 Å². The molecule has 3 rings (SSSR count). The number of benzene rings is 1. The summed E-state index contributed by atoms with van der Waals surface area (Å²) in [6.07, 6.45) is -1.33. The molecule has 1 aliphatic rings. The number of aromatic nitrogens is 1. The van der Waals surface area contributed by atoms with Crippen LogP contribution in [0.1, 0.15) is 25.3 Å². The van der Waals surface area contributed by atoms with Crippen molar-refractivity contribution >= 4 is 34.4 Å². The number of alkyl halides is 3. The van der Waals surface area contributed by atoms with Gasteiger partial charge in [0.15, 0.2) is 0 Å². The molecule has 0 bridgehead atoms. The minimum Gasteiger partial charge on any atom is -0.475 e. The zero-order valence-electron chi connectivity index (χ0n) is 17.1. The second kappa shape index (κ2) is 10.1. The summed E-state index contributed by atoms with van der Waals surface area (Å²) in [5.41, 5.74) is 8.66. The molecule has 2 aromatic rings. The van der Waals surface area contributed by atoms with Gasteiger partial charge >= 0.3 is 12.1 Å². The zero-order chi connectivity index (χ0) is 24.1.